The van der Waals surface area contributed by atoms with Gasteiger partial charge in [-0.1, -0.05) is 353 Å². The van der Waals surface area contributed by atoms with Gasteiger partial charge in [-0.2, -0.15) is 0 Å². The third kappa shape index (κ3) is 15.5. The molecule has 4 aliphatic carbocycles. The molecule has 94 heavy (non-hydrogen) atoms. The lowest BCUT2D eigenvalue weighted by Crippen LogP contribution is -2.30. The highest BCUT2D eigenvalue weighted by molar-refractivity contribution is 5.92. The minimum Gasteiger partial charge on any atom is -0.115 e. The molecule has 0 aromatic heterocycles. The summed E-state index contributed by atoms with van der Waals surface area (Å²) in [6.45, 7) is 29.8. The maximum atomic E-state index is 5.35. The SMILES string of the molecule is C#C/C=C\C=C(\C)Cc1cccc(-c2ccc(C3(c4ccccc4)C4=C(C=CCC4)c4ccccc43)cc2)c1C.C=CC1=C(/C=C(\C)c2ccc(C)cc2)c2ccccc2C1.CC.Cc1ccc(C)cc1.Cc1ccc2c(c1)C(C)(C)c1ccccc1-2.Cc1ccccc1. The van der Waals surface area contributed by atoms with Gasteiger partial charge in [0.1, 0.15) is 0 Å². The van der Waals surface area contributed by atoms with Gasteiger partial charge >= 0.3 is 0 Å². The quantitative estimate of drug-likeness (QED) is 0.0998. The van der Waals surface area contributed by atoms with Crippen molar-refractivity contribution < 1.29 is 0 Å². The molecule has 0 saturated heterocycles. The molecule has 0 bridgehead atoms. The lowest BCUT2D eigenvalue weighted by Gasteiger charge is -2.36. The Hall–Kier alpha value is -10.1. The molecular formula is C94H94. The normalized spacial score (nSPS) is 15.1. The van der Waals surface area contributed by atoms with Gasteiger partial charge in [-0.3, -0.25) is 0 Å². The summed E-state index contributed by atoms with van der Waals surface area (Å²) < 4.78 is 0. The molecular weight excluding hydrogens is 1130 g/mol. The first kappa shape index (κ1) is 68.3. The Balaban J connectivity index is 0.000000159. The monoisotopic (exact) mass is 1220 g/mol. The van der Waals surface area contributed by atoms with Gasteiger partial charge in [0, 0.05) is 5.41 Å². The molecule has 10 aromatic rings. The minimum absolute atomic E-state index is 0.151. The Morgan fingerprint density at radius 1 is 0.521 bits per heavy atom. The number of hydrogen-bond donors (Lipinski definition) is 0. The maximum Gasteiger partial charge on any atom is 0.0676 e. The van der Waals surface area contributed by atoms with Crippen LogP contribution in [0.15, 0.2) is 308 Å². The average Bonchev–Trinajstić information content (AvgIpc) is 1.52. The second kappa shape index (κ2) is 32.0. The van der Waals surface area contributed by atoms with Gasteiger partial charge in [0.15, 0.2) is 0 Å². The molecule has 470 valence electrons. The third-order valence-corrected chi connectivity index (χ3v) is 18.6. The van der Waals surface area contributed by atoms with Crippen molar-refractivity contribution in [2.45, 2.75) is 120 Å². The van der Waals surface area contributed by atoms with E-state index in [1.807, 2.05) is 44.2 Å². The van der Waals surface area contributed by atoms with Crippen LogP contribution in [0.5, 0.6) is 0 Å². The molecule has 0 spiro atoms. The molecule has 0 heteroatoms. The fraction of sp³-hybridized carbons (Fsp3) is 0.191. The number of hydrogen-bond acceptors (Lipinski definition) is 0. The summed E-state index contributed by atoms with van der Waals surface area (Å²) in [6, 6.07) is 87.8. The molecule has 0 nitrogen and oxygen atoms in total. The standard InChI is InChI=1S/C40H34.C21H20.C16H16.C8H10.C7H8.C2H6/c1-4-5-7-15-29(2)28-32-16-14-21-35(30(32)3)31-24-26-34(27-25-31)40(33-17-8-6-9-18-33)38-22-12-10-19-36(38)37-20-11-13-23-39(37)40;1-4-17-14-19-7-5-6-8-20(19)21(17)13-16(3)18-11-9-15(2)10-12-18;1-11-8-9-13-12-6-4-5-7-14(12)16(2,3)15(13)10-11;1-7-3-5-8(2)6-4-7;1-7-5-3-2-4-6-7;1-2/h1,5-12,14-22,24-27H,13,23,28H2,2-3H3;4-13H,1,14H2,2-3H3;4-10H,1-3H3;3-6H,1-2H3;2-6H,1H3;1-2H3/b7-5-,29-15-;16-13+;;;;. The molecule has 0 heterocycles. The van der Waals surface area contributed by atoms with E-state index in [1.165, 1.54) is 145 Å². The van der Waals surface area contributed by atoms with Crippen LogP contribution in [0.2, 0.25) is 0 Å². The molecule has 1 unspecified atom stereocenters. The van der Waals surface area contributed by atoms with Gasteiger partial charge in [0.05, 0.1) is 5.41 Å². The van der Waals surface area contributed by atoms with Gasteiger partial charge in [0.25, 0.3) is 0 Å². The first-order chi connectivity index (χ1) is 45.6. The Morgan fingerprint density at radius 2 is 1.05 bits per heavy atom. The molecule has 0 aliphatic heterocycles. The van der Waals surface area contributed by atoms with Crippen molar-refractivity contribution in [2.24, 2.45) is 0 Å². The zero-order valence-corrected chi connectivity index (χ0v) is 57.7. The lowest BCUT2D eigenvalue weighted by molar-refractivity contribution is 0.660. The Labute approximate surface area is 565 Å². The average molecular weight is 1220 g/mol. The van der Waals surface area contributed by atoms with Crippen LogP contribution in [-0.2, 0) is 23.7 Å². The summed E-state index contributed by atoms with van der Waals surface area (Å²) in [5.41, 5.74) is 35.1. The highest BCUT2D eigenvalue weighted by Crippen LogP contribution is 2.57. The van der Waals surface area contributed by atoms with E-state index in [-0.39, 0.29) is 10.8 Å². The molecule has 0 N–H and O–H groups in total. The van der Waals surface area contributed by atoms with Crippen LogP contribution in [-0.4, -0.2) is 0 Å². The van der Waals surface area contributed by atoms with E-state index in [1.54, 1.807) is 6.08 Å². The zero-order chi connectivity index (χ0) is 66.8. The number of rotatable bonds is 9. The van der Waals surface area contributed by atoms with Crippen LogP contribution in [0.25, 0.3) is 39.0 Å². The highest BCUT2D eigenvalue weighted by atomic mass is 14.5. The van der Waals surface area contributed by atoms with E-state index < -0.39 is 0 Å². The van der Waals surface area contributed by atoms with E-state index in [9.17, 15) is 0 Å². The van der Waals surface area contributed by atoms with Crippen molar-refractivity contribution in [3.8, 4) is 34.6 Å². The predicted molar refractivity (Wildman–Crippen MR) is 409 cm³/mol. The summed E-state index contributed by atoms with van der Waals surface area (Å²) in [6.07, 6.45) is 24.2. The van der Waals surface area contributed by atoms with Gasteiger partial charge in [-0.05, 0) is 198 Å². The Morgan fingerprint density at radius 3 is 1.68 bits per heavy atom. The molecule has 0 fully saturated rings. The van der Waals surface area contributed by atoms with Crippen LogP contribution in [0, 0.1) is 53.9 Å². The fourth-order valence-electron chi connectivity index (χ4n) is 13.6. The smallest absolute Gasteiger partial charge is 0.0676 e. The zero-order valence-electron chi connectivity index (χ0n) is 57.7. The number of fused-ring (bicyclic) bond motifs is 6. The molecule has 10 aromatic carbocycles. The summed E-state index contributed by atoms with van der Waals surface area (Å²) >= 11 is 0. The van der Waals surface area contributed by atoms with Crippen molar-refractivity contribution in [3.05, 3.63) is 398 Å². The van der Waals surface area contributed by atoms with E-state index in [4.69, 9.17) is 6.42 Å². The molecule has 0 amide bonds. The topological polar surface area (TPSA) is 0 Å². The molecule has 4 aliphatic rings. The van der Waals surface area contributed by atoms with E-state index >= 15 is 0 Å². The van der Waals surface area contributed by atoms with Crippen molar-refractivity contribution in [3.63, 3.8) is 0 Å². The summed E-state index contributed by atoms with van der Waals surface area (Å²) in [5, 5.41) is 0. The largest absolute Gasteiger partial charge is 0.115 e. The van der Waals surface area contributed by atoms with Crippen molar-refractivity contribution in [1.82, 2.24) is 0 Å². The second-order valence-electron chi connectivity index (χ2n) is 25.6. The van der Waals surface area contributed by atoms with E-state index in [0.717, 1.165) is 25.7 Å². The number of benzene rings is 10. The van der Waals surface area contributed by atoms with E-state index in [0.29, 0.717) is 0 Å². The molecule has 0 saturated carbocycles. The lowest BCUT2D eigenvalue weighted by atomic mass is 9.65. The molecule has 1 atom stereocenters. The van der Waals surface area contributed by atoms with Gasteiger partial charge < -0.3 is 0 Å². The van der Waals surface area contributed by atoms with E-state index in [2.05, 4.69) is 330 Å². The second-order valence-corrected chi connectivity index (χ2v) is 25.6. The fourth-order valence-corrected chi connectivity index (χ4v) is 13.6. The minimum atomic E-state index is -0.277. The number of terminal acetylenes is 1. The summed E-state index contributed by atoms with van der Waals surface area (Å²) in [5.74, 6) is 2.56. The van der Waals surface area contributed by atoms with Gasteiger partial charge in [-0.25, -0.2) is 0 Å². The number of allylic oxidation sites excluding steroid dienone is 13. The van der Waals surface area contributed by atoms with Crippen molar-refractivity contribution in [2.75, 3.05) is 0 Å². The first-order valence-electron chi connectivity index (χ1n) is 33.6. The summed E-state index contributed by atoms with van der Waals surface area (Å²) in [4.78, 5) is 0. The van der Waals surface area contributed by atoms with Crippen LogP contribution < -0.4 is 0 Å². The summed E-state index contributed by atoms with van der Waals surface area (Å²) in [7, 11) is 0. The maximum absolute atomic E-state index is 5.35. The van der Waals surface area contributed by atoms with Crippen LogP contribution in [0.3, 0.4) is 0 Å². The highest BCUT2D eigenvalue weighted by Gasteiger charge is 2.47. The molecule has 14 rings (SSSR count). The van der Waals surface area contributed by atoms with Crippen molar-refractivity contribution in [1.29, 1.82) is 0 Å². The van der Waals surface area contributed by atoms with Crippen LogP contribution in [0.1, 0.15) is 143 Å². The van der Waals surface area contributed by atoms with Crippen molar-refractivity contribution >= 4 is 16.7 Å². The third-order valence-electron chi connectivity index (χ3n) is 18.6. The van der Waals surface area contributed by atoms with Crippen LogP contribution in [0.4, 0.5) is 0 Å². The van der Waals surface area contributed by atoms with Gasteiger partial charge in [-0.15, -0.1) is 6.42 Å². The van der Waals surface area contributed by atoms with Crippen LogP contribution >= 0.6 is 0 Å². The predicted octanol–water partition coefficient (Wildman–Crippen LogP) is 25.0. The first-order valence-corrected chi connectivity index (χ1v) is 33.6. The Kier molecular flexibility index (Phi) is 23.2. The Bertz CT molecular complexity index is 4440. The number of aryl methyl sites for hydroxylation is 5. The van der Waals surface area contributed by atoms with Gasteiger partial charge in [0.2, 0.25) is 0 Å². The molecule has 0 radical (unpaired) electrons.